The van der Waals surface area contributed by atoms with Gasteiger partial charge in [-0.05, 0) is 32.2 Å². The van der Waals surface area contributed by atoms with E-state index < -0.39 is 11.9 Å². The highest BCUT2D eigenvalue weighted by Crippen LogP contribution is 2.26. The Morgan fingerprint density at radius 2 is 2.15 bits per heavy atom. The number of carbonyl (C=O) groups excluding carboxylic acids is 1. The molecule has 2 fully saturated rings. The van der Waals surface area contributed by atoms with Crippen molar-refractivity contribution in [1.29, 1.82) is 0 Å². The van der Waals surface area contributed by atoms with Crippen LogP contribution >= 0.6 is 0 Å². The van der Waals surface area contributed by atoms with Gasteiger partial charge in [-0.1, -0.05) is 6.92 Å². The van der Waals surface area contributed by atoms with E-state index in [0.717, 1.165) is 19.4 Å². The number of carbonyl (C=O) groups is 2. The molecule has 2 N–H and O–H groups in total. The molecule has 2 aliphatic heterocycles. The monoisotopic (exact) mass is 283 g/mol. The minimum absolute atomic E-state index is 0.158. The largest absolute Gasteiger partial charge is 0.481 e. The number of amides is 2. The molecule has 2 amide bonds. The fraction of sp³-hybridized carbons (Fsp3) is 0.857. The second-order valence-corrected chi connectivity index (χ2v) is 6.12. The van der Waals surface area contributed by atoms with Gasteiger partial charge < -0.3 is 20.2 Å². The highest BCUT2D eigenvalue weighted by Gasteiger charge is 2.32. The summed E-state index contributed by atoms with van der Waals surface area (Å²) in [4.78, 5) is 26.9. The van der Waals surface area contributed by atoms with Crippen LogP contribution in [0.1, 0.15) is 32.6 Å². The van der Waals surface area contributed by atoms with Crippen LogP contribution in [0.25, 0.3) is 0 Å². The first-order chi connectivity index (χ1) is 9.47. The number of hydrogen-bond donors (Lipinski definition) is 2. The standard InChI is InChI=1S/C14H25N3O3/c1-10(13(18)19)9-16(2)14(20)15-11-5-7-17-6-3-4-12(17)8-11/h10-12H,3-9H2,1-2H3,(H,15,20)(H,18,19). The second-order valence-electron chi connectivity index (χ2n) is 6.12. The van der Waals surface area contributed by atoms with Crippen molar-refractivity contribution in [1.82, 2.24) is 15.1 Å². The zero-order valence-electron chi connectivity index (χ0n) is 12.3. The van der Waals surface area contributed by atoms with Gasteiger partial charge in [0.15, 0.2) is 0 Å². The van der Waals surface area contributed by atoms with E-state index in [1.54, 1.807) is 14.0 Å². The maximum absolute atomic E-state index is 12.1. The maximum atomic E-state index is 12.1. The Labute approximate surface area is 120 Å². The molecule has 2 aliphatic rings. The van der Waals surface area contributed by atoms with E-state index in [2.05, 4.69) is 10.2 Å². The first-order valence-electron chi connectivity index (χ1n) is 7.46. The van der Waals surface area contributed by atoms with Crippen molar-refractivity contribution in [2.45, 2.75) is 44.7 Å². The average molecular weight is 283 g/mol. The summed E-state index contributed by atoms with van der Waals surface area (Å²) in [6, 6.07) is 0.691. The van der Waals surface area contributed by atoms with Gasteiger partial charge in [0.25, 0.3) is 0 Å². The topological polar surface area (TPSA) is 72.9 Å². The minimum atomic E-state index is -0.871. The van der Waals surface area contributed by atoms with E-state index in [1.165, 1.54) is 24.3 Å². The first kappa shape index (κ1) is 15.1. The summed E-state index contributed by atoms with van der Waals surface area (Å²) in [6.45, 7) is 4.11. The van der Waals surface area contributed by atoms with Gasteiger partial charge in [0, 0.05) is 32.2 Å². The van der Waals surface area contributed by atoms with Gasteiger partial charge in [-0.3, -0.25) is 4.79 Å². The Hall–Kier alpha value is -1.30. The molecule has 0 radical (unpaired) electrons. The normalized spacial score (nSPS) is 27.7. The zero-order valence-corrected chi connectivity index (χ0v) is 12.3. The van der Waals surface area contributed by atoms with Gasteiger partial charge in [-0.25, -0.2) is 4.79 Å². The van der Waals surface area contributed by atoms with E-state index >= 15 is 0 Å². The molecule has 0 aromatic heterocycles. The number of nitrogens with one attached hydrogen (secondary N) is 1. The third-order valence-electron chi connectivity index (χ3n) is 4.46. The van der Waals surface area contributed by atoms with Gasteiger partial charge in [0.2, 0.25) is 0 Å². The smallest absolute Gasteiger partial charge is 0.317 e. The lowest BCUT2D eigenvalue weighted by atomic mass is 9.98. The van der Waals surface area contributed by atoms with Gasteiger partial charge in [0.05, 0.1) is 5.92 Å². The van der Waals surface area contributed by atoms with Crippen molar-refractivity contribution in [3.63, 3.8) is 0 Å². The molecule has 0 bridgehead atoms. The van der Waals surface area contributed by atoms with Crippen LogP contribution in [0.15, 0.2) is 0 Å². The number of carboxylic acid groups (broad SMARTS) is 1. The van der Waals surface area contributed by atoms with Crippen LogP contribution in [-0.2, 0) is 4.79 Å². The van der Waals surface area contributed by atoms with E-state index in [4.69, 9.17) is 5.11 Å². The molecule has 0 saturated carbocycles. The van der Waals surface area contributed by atoms with Gasteiger partial charge in [-0.15, -0.1) is 0 Å². The average Bonchev–Trinajstić information content (AvgIpc) is 2.85. The molecule has 2 saturated heterocycles. The molecule has 2 rings (SSSR count). The Morgan fingerprint density at radius 3 is 2.85 bits per heavy atom. The second kappa shape index (κ2) is 6.43. The molecule has 0 aromatic carbocycles. The molecule has 3 atom stereocenters. The van der Waals surface area contributed by atoms with E-state index in [9.17, 15) is 9.59 Å². The maximum Gasteiger partial charge on any atom is 0.317 e. The summed E-state index contributed by atoms with van der Waals surface area (Å²) in [5.41, 5.74) is 0. The lowest BCUT2D eigenvalue weighted by Gasteiger charge is -2.35. The van der Waals surface area contributed by atoms with Gasteiger partial charge in [0.1, 0.15) is 0 Å². The molecule has 0 spiro atoms. The lowest BCUT2D eigenvalue weighted by molar-refractivity contribution is -0.141. The molecule has 3 unspecified atom stereocenters. The number of nitrogens with zero attached hydrogens (tertiary/aromatic N) is 2. The molecule has 20 heavy (non-hydrogen) atoms. The van der Waals surface area contributed by atoms with Gasteiger partial charge in [-0.2, -0.15) is 0 Å². The van der Waals surface area contributed by atoms with Gasteiger partial charge >= 0.3 is 12.0 Å². The van der Waals surface area contributed by atoms with Crippen LogP contribution in [0.2, 0.25) is 0 Å². The third kappa shape index (κ3) is 3.62. The Kier molecular flexibility index (Phi) is 4.86. The van der Waals surface area contributed by atoms with Crippen LogP contribution in [0.3, 0.4) is 0 Å². The third-order valence-corrected chi connectivity index (χ3v) is 4.46. The molecule has 6 heteroatoms. The molecule has 0 aromatic rings. The number of carboxylic acids is 1. The number of urea groups is 1. The number of aliphatic carboxylic acids is 1. The Bertz CT molecular complexity index is 375. The lowest BCUT2D eigenvalue weighted by Crippen LogP contribution is -2.51. The summed E-state index contributed by atoms with van der Waals surface area (Å²) in [5.74, 6) is -1.41. The summed E-state index contributed by atoms with van der Waals surface area (Å²) in [7, 11) is 1.65. The number of fused-ring (bicyclic) bond motifs is 1. The van der Waals surface area contributed by atoms with Crippen molar-refractivity contribution >= 4 is 12.0 Å². The van der Waals surface area contributed by atoms with Crippen LogP contribution < -0.4 is 5.32 Å². The first-order valence-corrected chi connectivity index (χ1v) is 7.46. The predicted octanol–water partition coefficient (Wildman–Crippen LogP) is 0.975. The Morgan fingerprint density at radius 1 is 1.40 bits per heavy atom. The highest BCUT2D eigenvalue weighted by molar-refractivity contribution is 5.76. The number of hydrogen-bond acceptors (Lipinski definition) is 3. The minimum Gasteiger partial charge on any atom is -0.481 e. The fourth-order valence-electron chi connectivity index (χ4n) is 3.21. The summed E-state index contributed by atoms with van der Waals surface area (Å²) >= 11 is 0. The fourth-order valence-corrected chi connectivity index (χ4v) is 3.21. The Balaban J connectivity index is 1.77. The van der Waals surface area contributed by atoms with E-state index in [-0.39, 0.29) is 18.6 Å². The van der Waals surface area contributed by atoms with Crippen LogP contribution in [0.5, 0.6) is 0 Å². The van der Waals surface area contributed by atoms with Crippen LogP contribution in [0.4, 0.5) is 4.79 Å². The van der Waals surface area contributed by atoms with Crippen LogP contribution in [-0.4, -0.2) is 65.7 Å². The molecule has 2 heterocycles. The van der Waals surface area contributed by atoms with Crippen LogP contribution in [0, 0.1) is 5.92 Å². The summed E-state index contributed by atoms with van der Waals surface area (Å²) in [6.07, 6.45) is 4.51. The number of piperidine rings is 1. The quantitative estimate of drug-likeness (QED) is 0.806. The van der Waals surface area contributed by atoms with E-state index in [0.29, 0.717) is 6.04 Å². The summed E-state index contributed by atoms with van der Waals surface area (Å²) in [5, 5.41) is 11.9. The van der Waals surface area contributed by atoms with Crippen molar-refractivity contribution in [2.24, 2.45) is 5.92 Å². The molecule has 114 valence electrons. The van der Waals surface area contributed by atoms with Crippen molar-refractivity contribution < 1.29 is 14.7 Å². The molecular formula is C14H25N3O3. The summed E-state index contributed by atoms with van der Waals surface area (Å²) < 4.78 is 0. The van der Waals surface area contributed by atoms with Crippen molar-refractivity contribution in [2.75, 3.05) is 26.7 Å². The van der Waals surface area contributed by atoms with Crippen molar-refractivity contribution in [3.8, 4) is 0 Å². The number of rotatable bonds is 4. The van der Waals surface area contributed by atoms with Crippen molar-refractivity contribution in [3.05, 3.63) is 0 Å². The molecular weight excluding hydrogens is 258 g/mol. The zero-order chi connectivity index (χ0) is 14.7. The highest BCUT2D eigenvalue weighted by atomic mass is 16.4. The molecule has 6 nitrogen and oxygen atoms in total. The predicted molar refractivity (Wildman–Crippen MR) is 75.6 cm³/mol. The molecule has 0 aliphatic carbocycles. The SMILES string of the molecule is CC(CN(C)C(=O)NC1CCN2CCCC2C1)C(=O)O. The van der Waals surface area contributed by atoms with E-state index in [1.807, 2.05) is 0 Å².